The monoisotopic (exact) mass is 406 g/mol. The van der Waals surface area contributed by atoms with Gasteiger partial charge < -0.3 is 13.9 Å². The lowest BCUT2D eigenvalue weighted by Crippen LogP contribution is -2.05. The van der Waals surface area contributed by atoms with Crippen LogP contribution in [0.1, 0.15) is 11.4 Å². The van der Waals surface area contributed by atoms with E-state index in [9.17, 15) is 8.78 Å². The second-order valence-corrected chi connectivity index (χ2v) is 6.82. The minimum absolute atomic E-state index is 0.207. The van der Waals surface area contributed by atoms with Gasteiger partial charge >= 0.3 is 0 Å². The number of nitrogens with zero attached hydrogens (tertiary/aromatic N) is 6. The number of pyridine rings is 1. The van der Waals surface area contributed by atoms with Crippen LogP contribution in [-0.4, -0.2) is 36.2 Å². The van der Waals surface area contributed by atoms with Crippen molar-refractivity contribution in [3.05, 3.63) is 72.1 Å². The van der Waals surface area contributed by atoms with Crippen molar-refractivity contribution >= 4 is 22.2 Å². The van der Waals surface area contributed by atoms with E-state index in [0.29, 0.717) is 28.4 Å². The van der Waals surface area contributed by atoms with Gasteiger partial charge in [0, 0.05) is 17.8 Å². The van der Waals surface area contributed by atoms with E-state index in [1.54, 1.807) is 13.3 Å². The topological polar surface area (TPSA) is 70.7 Å². The fourth-order valence-electron chi connectivity index (χ4n) is 3.57. The Labute approximate surface area is 169 Å². The molecule has 4 aromatic heterocycles. The minimum atomic E-state index is -0.608. The summed E-state index contributed by atoms with van der Waals surface area (Å²) in [4.78, 5) is 17.4. The Hall–Kier alpha value is -3.88. The molecule has 0 radical (unpaired) electrons. The quantitative estimate of drug-likeness (QED) is 0.454. The Kier molecular flexibility index (Phi) is 4.16. The molecule has 0 saturated heterocycles. The summed E-state index contributed by atoms with van der Waals surface area (Å²) < 4.78 is 36.6. The minimum Gasteiger partial charge on any atom is -0.479 e. The van der Waals surface area contributed by atoms with Crippen molar-refractivity contribution in [2.24, 2.45) is 0 Å². The molecule has 0 fully saturated rings. The summed E-state index contributed by atoms with van der Waals surface area (Å²) in [5.74, 6) is -0.0819. The van der Waals surface area contributed by atoms with Crippen LogP contribution in [0.25, 0.3) is 27.9 Å². The third-order valence-corrected chi connectivity index (χ3v) is 5.04. The van der Waals surface area contributed by atoms with E-state index in [1.165, 1.54) is 18.5 Å². The van der Waals surface area contributed by atoms with E-state index in [4.69, 9.17) is 4.74 Å². The zero-order chi connectivity index (χ0) is 20.8. The molecule has 5 aromatic rings. The van der Waals surface area contributed by atoms with Crippen LogP contribution in [0.2, 0.25) is 0 Å². The largest absolute Gasteiger partial charge is 0.479 e. The first-order valence-corrected chi connectivity index (χ1v) is 9.18. The van der Waals surface area contributed by atoms with E-state index in [1.807, 2.05) is 34.4 Å². The summed E-state index contributed by atoms with van der Waals surface area (Å²) in [6.07, 6.45) is 5.00. The number of halogens is 2. The van der Waals surface area contributed by atoms with Crippen molar-refractivity contribution in [2.75, 3.05) is 7.11 Å². The summed E-state index contributed by atoms with van der Waals surface area (Å²) >= 11 is 0. The van der Waals surface area contributed by atoms with Crippen LogP contribution in [0.4, 0.5) is 8.78 Å². The Bertz CT molecular complexity index is 1410. The predicted octanol–water partition coefficient (Wildman–Crippen LogP) is 3.81. The van der Waals surface area contributed by atoms with Crippen LogP contribution in [0.3, 0.4) is 0 Å². The van der Waals surface area contributed by atoms with Gasteiger partial charge in [-0.15, -0.1) is 0 Å². The average Bonchev–Trinajstić information content (AvgIpc) is 3.30. The van der Waals surface area contributed by atoms with E-state index in [-0.39, 0.29) is 6.54 Å². The van der Waals surface area contributed by atoms with Gasteiger partial charge in [-0.3, -0.25) is 0 Å². The van der Waals surface area contributed by atoms with Crippen LogP contribution in [0.5, 0.6) is 5.88 Å². The Morgan fingerprint density at radius 3 is 2.73 bits per heavy atom. The summed E-state index contributed by atoms with van der Waals surface area (Å²) in [6.45, 7) is 2.03. The molecule has 0 saturated carbocycles. The van der Waals surface area contributed by atoms with E-state index >= 15 is 0 Å². The molecule has 7 nitrogen and oxygen atoms in total. The number of rotatable bonds is 4. The van der Waals surface area contributed by atoms with Crippen molar-refractivity contribution in [2.45, 2.75) is 13.5 Å². The summed E-state index contributed by atoms with van der Waals surface area (Å²) in [6, 6.07) is 7.34. The smallest absolute Gasteiger partial charge is 0.241 e. The maximum absolute atomic E-state index is 14.2. The van der Waals surface area contributed by atoms with Crippen LogP contribution in [-0.2, 0) is 6.54 Å². The first-order chi connectivity index (χ1) is 14.5. The third kappa shape index (κ3) is 2.86. The number of ether oxygens (including phenoxy) is 1. The van der Waals surface area contributed by atoms with Gasteiger partial charge in [0.1, 0.15) is 29.3 Å². The molecule has 0 aliphatic rings. The predicted molar refractivity (Wildman–Crippen MR) is 107 cm³/mol. The number of aromatic nitrogens is 6. The molecule has 0 aliphatic carbocycles. The molecule has 0 spiro atoms. The number of fused-ring (bicyclic) bond motifs is 2. The lowest BCUT2D eigenvalue weighted by Gasteiger charge is -2.10. The highest BCUT2D eigenvalue weighted by molar-refractivity contribution is 5.83. The van der Waals surface area contributed by atoms with Gasteiger partial charge in [-0.1, -0.05) is 6.07 Å². The second-order valence-electron chi connectivity index (χ2n) is 6.82. The second kappa shape index (κ2) is 6.87. The molecule has 0 aliphatic heterocycles. The highest BCUT2D eigenvalue weighted by Gasteiger charge is 2.15. The molecule has 1 aromatic carbocycles. The molecule has 0 bridgehead atoms. The first kappa shape index (κ1) is 18.2. The van der Waals surface area contributed by atoms with Gasteiger partial charge in [0.2, 0.25) is 5.88 Å². The van der Waals surface area contributed by atoms with Crippen molar-refractivity contribution in [3.63, 3.8) is 0 Å². The Balaban J connectivity index is 1.66. The standard InChI is InChI=1S/C21H16F2N6O/c1-12-27-20-18(29(12)10-13-3-4-14(22)7-16(13)23)8-15(9-24-20)28-6-5-17-19(28)21(30-2)26-11-25-17/h3-9,11H,10H2,1-2H3. The zero-order valence-electron chi connectivity index (χ0n) is 16.2. The molecule has 9 heteroatoms. The van der Waals surface area contributed by atoms with Gasteiger partial charge in [-0.05, 0) is 25.1 Å². The molecular weight excluding hydrogens is 390 g/mol. The number of imidazole rings is 1. The molecular formula is C21H16F2N6O. The first-order valence-electron chi connectivity index (χ1n) is 9.18. The van der Waals surface area contributed by atoms with Gasteiger partial charge in [0.25, 0.3) is 0 Å². The fraction of sp³-hybridized carbons (Fsp3) is 0.143. The van der Waals surface area contributed by atoms with Crippen LogP contribution in [0.15, 0.2) is 49.1 Å². The average molecular weight is 406 g/mol. The Morgan fingerprint density at radius 1 is 1.07 bits per heavy atom. The number of methoxy groups -OCH3 is 1. The maximum Gasteiger partial charge on any atom is 0.241 e. The van der Waals surface area contributed by atoms with Gasteiger partial charge in [-0.25, -0.2) is 23.7 Å². The lowest BCUT2D eigenvalue weighted by atomic mass is 10.2. The van der Waals surface area contributed by atoms with E-state index in [2.05, 4.69) is 19.9 Å². The third-order valence-electron chi connectivity index (χ3n) is 5.04. The molecule has 0 unspecified atom stereocenters. The molecule has 30 heavy (non-hydrogen) atoms. The van der Waals surface area contributed by atoms with E-state index in [0.717, 1.165) is 22.8 Å². The van der Waals surface area contributed by atoms with Crippen molar-refractivity contribution in [3.8, 4) is 11.6 Å². The number of hydrogen-bond donors (Lipinski definition) is 0. The van der Waals surface area contributed by atoms with Crippen LogP contribution >= 0.6 is 0 Å². The van der Waals surface area contributed by atoms with Crippen LogP contribution in [0, 0.1) is 18.6 Å². The highest BCUT2D eigenvalue weighted by atomic mass is 19.1. The fourth-order valence-corrected chi connectivity index (χ4v) is 3.57. The van der Waals surface area contributed by atoms with Crippen LogP contribution < -0.4 is 4.74 Å². The summed E-state index contributed by atoms with van der Waals surface area (Å²) in [7, 11) is 1.55. The Morgan fingerprint density at radius 2 is 1.93 bits per heavy atom. The lowest BCUT2D eigenvalue weighted by molar-refractivity contribution is 0.401. The highest BCUT2D eigenvalue weighted by Crippen LogP contribution is 2.27. The zero-order valence-corrected chi connectivity index (χ0v) is 16.2. The van der Waals surface area contributed by atoms with Crippen molar-refractivity contribution < 1.29 is 13.5 Å². The van der Waals surface area contributed by atoms with Gasteiger partial charge in [-0.2, -0.15) is 4.98 Å². The van der Waals surface area contributed by atoms with Gasteiger partial charge in [0.15, 0.2) is 5.65 Å². The van der Waals surface area contributed by atoms with Gasteiger partial charge in [0.05, 0.1) is 36.6 Å². The maximum atomic E-state index is 14.2. The molecule has 5 rings (SSSR count). The summed E-state index contributed by atoms with van der Waals surface area (Å²) in [5.41, 5.74) is 3.84. The molecule has 0 N–H and O–H groups in total. The number of benzene rings is 1. The number of aryl methyl sites for hydroxylation is 1. The van der Waals surface area contributed by atoms with Crippen molar-refractivity contribution in [1.29, 1.82) is 0 Å². The molecule has 4 heterocycles. The molecule has 0 amide bonds. The van der Waals surface area contributed by atoms with E-state index < -0.39 is 11.6 Å². The normalized spacial score (nSPS) is 11.5. The SMILES string of the molecule is COc1ncnc2ccn(-c3cnc4nc(C)n(Cc5ccc(F)cc5F)c4c3)c12. The molecule has 150 valence electrons. The van der Waals surface area contributed by atoms with Crippen molar-refractivity contribution in [1.82, 2.24) is 29.1 Å². The number of hydrogen-bond acceptors (Lipinski definition) is 5. The molecule has 0 atom stereocenters. The summed E-state index contributed by atoms with van der Waals surface area (Å²) in [5, 5.41) is 0.